The molecule has 5 heteroatoms. The average Bonchev–Trinajstić information content (AvgIpc) is 2.38. The maximum absolute atomic E-state index is 13.3. The van der Waals surface area contributed by atoms with Gasteiger partial charge in [0.05, 0.1) is 4.90 Å². The molecule has 0 aromatic heterocycles. The van der Waals surface area contributed by atoms with Gasteiger partial charge in [0, 0.05) is 18.4 Å². The van der Waals surface area contributed by atoms with Crippen LogP contribution in [0.4, 0.5) is 4.39 Å². The van der Waals surface area contributed by atoms with E-state index in [-0.39, 0.29) is 17.3 Å². The molecule has 0 saturated heterocycles. The number of sulfone groups is 1. The van der Waals surface area contributed by atoms with Crippen LogP contribution in [0.15, 0.2) is 47.4 Å². The van der Waals surface area contributed by atoms with Gasteiger partial charge in [-0.2, -0.15) is 0 Å². The number of halogens is 1. The highest BCUT2D eigenvalue weighted by atomic mass is 32.2. The Bertz CT molecular complexity index is 694. The highest BCUT2D eigenvalue weighted by Crippen LogP contribution is 2.23. The van der Waals surface area contributed by atoms with Gasteiger partial charge in [0.25, 0.3) is 0 Å². The van der Waals surface area contributed by atoms with Gasteiger partial charge in [-0.15, -0.1) is 0 Å². The van der Waals surface area contributed by atoms with E-state index in [4.69, 9.17) is 5.73 Å². The van der Waals surface area contributed by atoms with Crippen molar-refractivity contribution in [2.45, 2.75) is 11.4 Å². The normalized spacial score (nSPS) is 11.5. The van der Waals surface area contributed by atoms with E-state index in [0.717, 1.165) is 17.4 Å². The van der Waals surface area contributed by atoms with Gasteiger partial charge in [0.1, 0.15) is 5.82 Å². The quantitative estimate of drug-likeness (QED) is 0.938. The maximum Gasteiger partial charge on any atom is 0.175 e. The largest absolute Gasteiger partial charge is 0.326 e. The first-order chi connectivity index (χ1) is 8.91. The lowest BCUT2D eigenvalue weighted by Crippen LogP contribution is -2.00. The number of hydrogen-bond donors (Lipinski definition) is 1. The van der Waals surface area contributed by atoms with Crippen molar-refractivity contribution in [1.82, 2.24) is 0 Å². The van der Waals surface area contributed by atoms with Gasteiger partial charge in [0.2, 0.25) is 0 Å². The van der Waals surface area contributed by atoms with Gasteiger partial charge < -0.3 is 5.73 Å². The molecule has 0 aliphatic heterocycles. The van der Waals surface area contributed by atoms with Crippen molar-refractivity contribution in [2.75, 3.05) is 6.26 Å². The van der Waals surface area contributed by atoms with Crippen LogP contribution in [-0.2, 0) is 16.4 Å². The standard InChI is InChI=1S/C14H14FNO2S/c1-19(17,18)13-5-2-10(3-6-13)11-4-7-14(15)12(8-11)9-16/h2-8H,9,16H2,1H3. The molecule has 0 unspecified atom stereocenters. The number of nitrogens with two attached hydrogens (primary N) is 1. The molecule has 0 aliphatic rings. The minimum atomic E-state index is -3.20. The fraction of sp³-hybridized carbons (Fsp3) is 0.143. The summed E-state index contributed by atoms with van der Waals surface area (Å²) in [5, 5.41) is 0. The van der Waals surface area contributed by atoms with Crippen molar-refractivity contribution < 1.29 is 12.8 Å². The summed E-state index contributed by atoms with van der Waals surface area (Å²) in [5.41, 5.74) is 7.52. The van der Waals surface area contributed by atoms with Crippen LogP contribution >= 0.6 is 0 Å². The first-order valence-corrected chi connectivity index (χ1v) is 7.60. The third-order valence-corrected chi connectivity index (χ3v) is 4.01. The second-order valence-corrected chi connectivity index (χ2v) is 6.32. The van der Waals surface area contributed by atoms with Gasteiger partial charge in [-0.05, 0) is 35.4 Å². The highest BCUT2D eigenvalue weighted by molar-refractivity contribution is 7.90. The number of rotatable bonds is 3. The summed E-state index contributed by atoms with van der Waals surface area (Å²) in [6, 6.07) is 11.1. The molecule has 0 bridgehead atoms. The van der Waals surface area contributed by atoms with Crippen LogP contribution in [0.2, 0.25) is 0 Å². The third kappa shape index (κ3) is 3.00. The lowest BCUT2D eigenvalue weighted by Gasteiger charge is -2.06. The molecule has 0 atom stereocenters. The third-order valence-electron chi connectivity index (χ3n) is 2.88. The molecule has 19 heavy (non-hydrogen) atoms. The molecule has 0 heterocycles. The van der Waals surface area contributed by atoms with Gasteiger partial charge in [-0.25, -0.2) is 12.8 Å². The van der Waals surface area contributed by atoms with Crippen molar-refractivity contribution in [3.8, 4) is 11.1 Å². The maximum atomic E-state index is 13.3. The van der Waals surface area contributed by atoms with E-state index in [1.165, 1.54) is 18.2 Å². The van der Waals surface area contributed by atoms with E-state index in [9.17, 15) is 12.8 Å². The van der Waals surface area contributed by atoms with Crippen molar-refractivity contribution in [3.63, 3.8) is 0 Å². The summed E-state index contributed by atoms with van der Waals surface area (Å²) in [6.45, 7) is 0.126. The fourth-order valence-electron chi connectivity index (χ4n) is 1.81. The van der Waals surface area contributed by atoms with Crippen molar-refractivity contribution >= 4 is 9.84 Å². The first-order valence-electron chi connectivity index (χ1n) is 5.71. The van der Waals surface area contributed by atoms with Crippen LogP contribution in [0.3, 0.4) is 0 Å². The molecule has 2 aromatic carbocycles. The molecule has 2 rings (SSSR count). The molecule has 0 aliphatic carbocycles. The SMILES string of the molecule is CS(=O)(=O)c1ccc(-c2ccc(F)c(CN)c2)cc1. The van der Waals surface area contributed by atoms with E-state index in [1.54, 1.807) is 24.3 Å². The Morgan fingerprint density at radius 1 is 1.05 bits per heavy atom. The predicted molar refractivity (Wildman–Crippen MR) is 72.8 cm³/mol. The van der Waals surface area contributed by atoms with E-state index >= 15 is 0 Å². The lowest BCUT2D eigenvalue weighted by molar-refractivity contribution is 0.602. The summed E-state index contributed by atoms with van der Waals surface area (Å²) in [6.07, 6.45) is 1.16. The summed E-state index contributed by atoms with van der Waals surface area (Å²) in [4.78, 5) is 0.261. The zero-order chi connectivity index (χ0) is 14.0. The van der Waals surface area contributed by atoms with Crippen LogP contribution in [0.25, 0.3) is 11.1 Å². The average molecular weight is 279 g/mol. The first kappa shape index (κ1) is 13.7. The minimum Gasteiger partial charge on any atom is -0.326 e. The fourth-order valence-corrected chi connectivity index (χ4v) is 2.44. The van der Waals surface area contributed by atoms with E-state index in [0.29, 0.717) is 5.56 Å². The second kappa shape index (κ2) is 5.11. The minimum absolute atomic E-state index is 0.126. The Morgan fingerprint density at radius 3 is 2.16 bits per heavy atom. The number of hydrogen-bond acceptors (Lipinski definition) is 3. The van der Waals surface area contributed by atoms with Gasteiger partial charge in [0.15, 0.2) is 9.84 Å². The van der Waals surface area contributed by atoms with E-state index in [1.807, 2.05) is 0 Å². The van der Waals surface area contributed by atoms with E-state index in [2.05, 4.69) is 0 Å². The Morgan fingerprint density at radius 2 is 1.63 bits per heavy atom. The molecular weight excluding hydrogens is 265 g/mol. The monoisotopic (exact) mass is 279 g/mol. The highest BCUT2D eigenvalue weighted by Gasteiger charge is 2.08. The molecule has 3 nitrogen and oxygen atoms in total. The molecule has 2 N–H and O–H groups in total. The molecule has 100 valence electrons. The van der Waals surface area contributed by atoms with Crippen LogP contribution in [-0.4, -0.2) is 14.7 Å². The smallest absolute Gasteiger partial charge is 0.175 e. The molecular formula is C14H14FNO2S. The van der Waals surface area contributed by atoms with Crippen LogP contribution in [0.1, 0.15) is 5.56 Å². The number of benzene rings is 2. The molecule has 2 aromatic rings. The van der Waals surface area contributed by atoms with Crippen molar-refractivity contribution in [3.05, 3.63) is 53.8 Å². The van der Waals surface area contributed by atoms with Gasteiger partial charge >= 0.3 is 0 Å². The Balaban J connectivity index is 2.43. The molecule has 0 radical (unpaired) electrons. The summed E-state index contributed by atoms with van der Waals surface area (Å²) in [7, 11) is -3.20. The summed E-state index contributed by atoms with van der Waals surface area (Å²) in [5.74, 6) is -0.334. The zero-order valence-corrected chi connectivity index (χ0v) is 11.2. The Kier molecular flexibility index (Phi) is 3.68. The second-order valence-electron chi connectivity index (χ2n) is 4.31. The predicted octanol–water partition coefficient (Wildman–Crippen LogP) is 2.35. The lowest BCUT2D eigenvalue weighted by atomic mass is 10.0. The van der Waals surface area contributed by atoms with Crippen LogP contribution < -0.4 is 5.73 Å². The van der Waals surface area contributed by atoms with Crippen molar-refractivity contribution in [2.24, 2.45) is 5.73 Å². The Hall–Kier alpha value is -1.72. The molecule has 0 spiro atoms. The molecule has 0 saturated carbocycles. The summed E-state index contributed by atoms with van der Waals surface area (Å²) < 4.78 is 36.1. The van der Waals surface area contributed by atoms with Gasteiger partial charge in [-0.3, -0.25) is 0 Å². The van der Waals surface area contributed by atoms with Crippen LogP contribution in [0, 0.1) is 5.82 Å². The Labute approximate surface area is 111 Å². The van der Waals surface area contributed by atoms with Crippen molar-refractivity contribution in [1.29, 1.82) is 0 Å². The molecule has 0 amide bonds. The van der Waals surface area contributed by atoms with Crippen LogP contribution in [0.5, 0.6) is 0 Å². The van der Waals surface area contributed by atoms with Gasteiger partial charge in [-0.1, -0.05) is 18.2 Å². The van der Waals surface area contributed by atoms with E-state index < -0.39 is 9.84 Å². The topological polar surface area (TPSA) is 60.2 Å². The molecule has 0 fully saturated rings. The summed E-state index contributed by atoms with van der Waals surface area (Å²) >= 11 is 0. The zero-order valence-electron chi connectivity index (χ0n) is 10.4.